The molecule has 0 fully saturated rings. The summed E-state index contributed by atoms with van der Waals surface area (Å²) in [6, 6.07) is 9.60. The predicted octanol–water partition coefficient (Wildman–Crippen LogP) is 5.11. The zero-order valence-corrected chi connectivity index (χ0v) is 13.5. The van der Waals surface area contributed by atoms with Crippen LogP contribution in [-0.4, -0.2) is 5.11 Å². The first-order chi connectivity index (χ1) is 8.90. The number of aryl methyl sites for hydroxylation is 3. The van der Waals surface area contributed by atoms with Gasteiger partial charge in [0.2, 0.25) is 0 Å². The first-order valence-electron chi connectivity index (χ1n) is 6.11. The van der Waals surface area contributed by atoms with Crippen LogP contribution in [0.15, 0.2) is 34.8 Å². The second-order valence-electron chi connectivity index (χ2n) is 4.86. The van der Waals surface area contributed by atoms with E-state index in [-0.39, 0.29) is 0 Å². The number of benzene rings is 2. The molecule has 2 aromatic rings. The van der Waals surface area contributed by atoms with Gasteiger partial charge in [-0.15, -0.1) is 0 Å². The van der Waals surface area contributed by atoms with E-state index >= 15 is 0 Å². The molecule has 0 amide bonds. The molecule has 2 aromatic carbocycles. The van der Waals surface area contributed by atoms with Crippen molar-refractivity contribution >= 4 is 27.5 Å². The Morgan fingerprint density at radius 3 is 2.26 bits per heavy atom. The van der Waals surface area contributed by atoms with Crippen LogP contribution in [0.2, 0.25) is 5.02 Å². The highest BCUT2D eigenvalue weighted by atomic mass is 79.9. The van der Waals surface area contributed by atoms with Gasteiger partial charge >= 0.3 is 0 Å². The largest absolute Gasteiger partial charge is 0.384 e. The lowest BCUT2D eigenvalue weighted by atomic mass is 9.93. The van der Waals surface area contributed by atoms with Crippen LogP contribution >= 0.6 is 27.5 Å². The third-order valence-electron chi connectivity index (χ3n) is 3.43. The number of halogens is 2. The number of aliphatic hydroxyl groups excluding tert-OH is 1. The predicted molar refractivity (Wildman–Crippen MR) is 83.9 cm³/mol. The van der Waals surface area contributed by atoms with Gasteiger partial charge in [0, 0.05) is 15.1 Å². The molecule has 0 saturated heterocycles. The summed E-state index contributed by atoms with van der Waals surface area (Å²) in [5, 5.41) is 11.2. The van der Waals surface area contributed by atoms with Gasteiger partial charge in [0.15, 0.2) is 0 Å². The van der Waals surface area contributed by atoms with E-state index < -0.39 is 6.10 Å². The minimum atomic E-state index is -0.674. The molecule has 0 aromatic heterocycles. The van der Waals surface area contributed by atoms with E-state index in [2.05, 4.69) is 35.8 Å². The van der Waals surface area contributed by atoms with Gasteiger partial charge < -0.3 is 5.11 Å². The molecule has 1 atom stereocenters. The van der Waals surface area contributed by atoms with Crippen LogP contribution < -0.4 is 0 Å². The van der Waals surface area contributed by atoms with E-state index in [1.165, 1.54) is 11.1 Å². The molecule has 1 unspecified atom stereocenters. The fourth-order valence-corrected chi connectivity index (χ4v) is 2.81. The second-order valence-corrected chi connectivity index (χ2v) is 6.15. The Bertz CT molecular complexity index is 622. The SMILES string of the molecule is Cc1cc(C)c(C(O)c2cc(Cl)ccc2Br)cc1C. The van der Waals surface area contributed by atoms with Crippen LogP contribution in [-0.2, 0) is 0 Å². The third kappa shape index (κ3) is 3.02. The van der Waals surface area contributed by atoms with Gasteiger partial charge in [0.1, 0.15) is 6.10 Å². The summed E-state index contributed by atoms with van der Waals surface area (Å²) < 4.78 is 0.863. The van der Waals surface area contributed by atoms with E-state index in [1.807, 2.05) is 19.1 Å². The normalized spacial score (nSPS) is 12.5. The topological polar surface area (TPSA) is 20.2 Å². The standard InChI is InChI=1S/C16H16BrClO/c1-9-6-11(3)13(7-10(9)2)16(19)14-8-12(18)4-5-15(14)17/h4-8,16,19H,1-3H3. The van der Waals surface area contributed by atoms with E-state index in [0.717, 1.165) is 21.2 Å². The molecule has 100 valence electrons. The molecule has 0 bridgehead atoms. The van der Waals surface area contributed by atoms with Gasteiger partial charge in [-0.2, -0.15) is 0 Å². The molecule has 0 radical (unpaired) electrons. The van der Waals surface area contributed by atoms with Gasteiger partial charge in [-0.05, 0) is 61.2 Å². The van der Waals surface area contributed by atoms with E-state index in [0.29, 0.717) is 5.02 Å². The zero-order chi connectivity index (χ0) is 14.2. The van der Waals surface area contributed by atoms with Crippen molar-refractivity contribution in [3.05, 3.63) is 67.6 Å². The minimum Gasteiger partial charge on any atom is -0.384 e. The van der Waals surface area contributed by atoms with Gasteiger partial charge in [-0.1, -0.05) is 39.7 Å². The van der Waals surface area contributed by atoms with Gasteiger partial charge in [-0.3, -0.25) is 0 Å². The lowest BCUT2D eigenvalue weighted by molar-refractivity contribution is 0.218. The fraction of sp³-hybridized carbons (Fsp3) is 0.250. The number of aliphatic hydroxyl groups is 1. The zero-order valence-electron chi connectivity index (χ0n) is 11.2. The van der Waals surface area contributed by atoms with Crippen LogP contribution in [0, 0.1) is 20.8 Å². The first-order valence-corrected chi connectivity index (χ1v) is 7.28. The summed E-state index contributed by atoms with van der Waals surface area (Å²) in [7, 11) is 0. The van der Waals surface area contributed by atoms with Gasteiger partial charge in [0.25, 0.3) is 0 Å². The Balaban J connectivity index is 2.52. The molecule has 19 heavy (non-hydrogen) atoms. The van der Waals surface area contributed by atoms with Crippen molar-refractivity contribution in [1.29, 1.82) is 0 Å². The quantitative estimate of drug-likeness (QED) is 0.806. The van der Waals surface area contributed by atoms with Crippen molar-refractivity contribution < 1.29 is 5.11 Å². The summed E-state index contributed by atoms with van der Waals surface area (Å²) >= 11 is 9.48. The maximum absolute atomic E-state index is 10.6. The molecular weight excluding hydrogens is 324 g/mol. The Morgan fingerprint density at radius 2 is 1.58 bits per heavy atom. The molecule has 3 heteroatoms. The van der Waals surface area contributed by atoms with Crippen molar-refractivity contribution in [1.82, 2.24) is 0 Å². The van der Waals surface area contributed by atoms with Crippen LogP contribution in [0.25, 0.3) is 0 Å². The first kappa shape index (κ1) is 14.6. The van der Waals surface area contributed by atoms with Crippen LogP contribution in [0.1, 0.15) is 33.9 Å². The highest BCUT2D eigenvalue weighted by molar-refractivity contribution is 9.10. The monoisotopic (exact) mass is 338 g/mol. The fourth-order valence-electron chi connectivity index (χ4n) is 2.17. The average Bonchev–Trinajstić information content (AvgIpc) is 2.36. The second kappa shape index (κ2) is 5.66. The smallest absolute Gasteiger partial charge is 0.105 e. The summed E-state index contributed by atoms with van der Waals surface area (Å²) in [5.41, 5.74) is 5.21. The Kier molecular flexibility index (Phi) is 4.34. The van der Waals surface area contributed by atoms with Gasteiger partial charge in [0.05, 0.1) is 0 Å². The van der Waals surface area contributed by atoms with Crippen LogP contribution in [0.4, 0.5) is 0 Å². The lowest BCUT2D eigenvalue weighted by Crippen LogP contribution is -2.04. The maximum atomic E-state index is 10.6. The van der Waals surface area contributed by atoms with E-state index in [4.69, 9.17) is 11.6 Å². The van der Waals surface area contributed by atoms with Crippen LogP contribution in [0.3, 0.4) is 0 Å². The highest BCUT2D eigenvalue weighted by Crippen LogP contribution is 2.33. The Morgan fingerprint density at radius 1 is 0.947 bits per heavy atom. The number of rotatable bonds is 2. The van der Waals surface area contributed by atoms with E-state index in [1.54, 1.807) is 12.1 Å². The van der Waals surface area contributed by atoms with Crippen molar-refractivity contribution in [3.63, 3.8) is 0 Å². The molecule has 1 N–H and O–H groups in total. The van der Waals surface area contributed by atoms with Crippen molar-refractivity contribution in [2.75, 3.05) is 0 Å². The maximum Gasteiger partial charge on any atom is 0.105 e. The number of hydrogen-bond acceptors (Lipinski definition) is 1. The molecule has 0 aliphatic carbocycles. The summed E-state index contributed by atoms with van der Waals surface area (Å²) in [4.78, 5) is 0. The van der Waals surface area contributed by atoms with Crippen molar-refractivity contribution in [3.8, 4) is 0 Å². The van der Waals surface area contributed by atoms with Crippen molar-refractivity contribution in [2.24, 2.45) is 0 Å². The third-order valence-corrected chi connectivity index (χ3v) is 4.39. The lowest BCUT2D eigenvalue weighted by Gasteiger charge is -2.18. The molecule has 0 saturated carbocycles. The summed E-state index contributed by atoms with van der Waals surface area (Å²) in [5.74, 6) is 0. The average molecular weight is 340 g/mol. The molecule has 0 aliphatic rings. The van der Waals surface area contributed by atoms with E-state index in [9.17, 15) is 5.11 Å². The van der Waals surface area contributed by atoms with Gasteiger partial charge in [-0.25, -0.2) is 0 Å². The van der Waals surface area contributed by atoms with Crippen molar-refractivity contribution in [2.45, 2.75) is 26.9 Å². The molecular formula is C16H16BrClO. The molecule has 0 spiro atoms. The van der Waals surface area contributed by atoms with Crippen LogP contribution in [0.5, 0.6) is 0 Å². The Labute approximate surface area is 127 Å². The molecule has 1 nitrogen and oxygen atoms in total. The Hall–Kier alpha value is -0.830. The summed E-state index contributed by atoms with van der Waals surface area (Å²) in [6.45, 7) is 6.15. The minimum absolute atomic E-state index is 0.624. The molecule has 0 heterocycles. The molecule has 0 aliphatic heterocycles. The number of hydrogen-bond donors (Lipinski definition) is 1. The molecule has 2 rings (SSSR count). The summed E-state index contributed by atoms with van der Waals surface area (Å²) in [6.07, 6.45) is -0.674. The highest BCUT2D eigenvalue weighted by Gasteiger charge is 2.17.